The van der Waals surface area contributed by atoms with Gasteiger partial charge >= 0.3 is 0 Å². The third-order valence-corrected chi connectivity index (χ3v) is 13.4. The first-order valence-corrected chi connectivity index (χ1v) is 13.5. The second-order valence-corrected chi connectivity index (χ2v) is 15.2. The largest absolute Gasteiger partial charge is 0.381 e. The van der Waals surface area contributed by atoms with Crippen molar-refractivity contribution in [2.45, 2.75) is 119 Å². The van der Waals surface area contributed by atoms with Crippen molar-refractivity contribution in [3.05, 3.63) is 12.2 Å². The average Bonchev–Trinajstić information content (AvgIpc) is 2.69. The van der Waals surface area contributed by atoms with Gasteiger partial charge in [-0.2, -0.15) is 0 Å². The quantitative estimate of drug-likeness (QED) is 0.427. The molecule has 0 saturated heterocycles. The van der Waals surface area contributed by atoms with Gasteiger partial charge in [-0.05, 0) is 116 Å². The molecule has 5 aliphatic carbocycles. The maximum Gasteiger partial charge on any atom is 0.187 e. The fourth-order valence-corrected chi connectivity index (χ4v) is 10.6. The fourth-order valence-electron chi connectivity index (χ4n) is 10.6. The molecule has 32 heavy (non-hydrogen) atoms. The Kier molecular flexibility index (Phi) is 4.57. The number of ketones is 1. The molecule has 0 heterocycles. The zero-order valence-corrected chi connectivity index (χ0v) is 22.1. The van der Waals surface area contributed by atoms with Gasteiger partial charge in [-0.25, -0.2) is 0 Å². The van der Waals surface area contributed by atoms with Gasteiger partial charge in [-0.1, -0.05) is 54.5 Å². The van der Waals surface area contributed by atoms with Crippen LogP contribution in [0.4, 0.5) is 0 Å². The normalized spacial score (nSPS) is 58.9. The lowest BCUT2D eigenvalue weighted by Gasteiger charge is -2.74. The first-order chi connectivity index (χ1) is 14.6. The Morgan fingerprint density at radius 1 is 0.750 bits per heavy atom. The second-order valence-electron chi connectivity index (χ2n) is 15.2. The Hall–Kier alpha value is -0.630. The predicted molar refractivity (Wildman–Crippen MR) is 131 cm³/mol. The van der Waals surface area contributed by atoms with Gasteiger partial charge in [-0.15, -0.1) is 0 Å². The predicted octanol–water partition coefficient (Wildman–Crippen LogP) is 7.35. The highest BCUT2D eigenvalue weighted by Crippen LogP contribution is 2.78. The third kappa shape index (κ3) is 2.55. The van der Waals surface area contributed by atoms with Gasteiger partial charge in [0.05, 0.1) is 0 Å². The number of hydrogen-bond donors (Lipinski definition) is 1. The van der Waals surface area contributed by atoms with Crippen LogP contribution in [0.15, 0.2) is 12.2 Å². The lowest BCUT2D eigenvalue weighted by atomic mass is 9.30. The highest BCUT2D eigenvalue weighted by molar-refractivity contribution is 5.98. The van der Waals surface area contributed by atoms with Crippen molar-refractivity contribution in [2.24, 2.45) is 50.2 Å². The molecule has 0 bridgehead atoms. The minimum atomic E-state index is -1.25. The monoisotopic (exact) mass is 440 g/mol. The fraction of sp³-hybridized carbons (Fsp3) is 0.900. The summed E-state index contributed by atoms with van der Waals surface area (Å²) in [4.78, 5) is 12.7. The number of aliphatic hydroxyl groups is 1. The number of fused-ring (bicyclic) bond motifs is 7. The maximum atomic E-state index is 12.7. The summed E-state index contributed by atoms with van der Waals surface area (Å²) in [7, 11) is 0. The van der Waals surface area contributed by atoms with Crippen LogP contribution < -0.4 is 0 Å². The SMILES string of the molecule is CC1(C)CC[C@]2(C)CC[C@]3(C)C4CC[C@@]5(C)[C@@H](C=CC(=O)[C@@]5(C)O)[C@]4(C)CC[C@@]3(C)[C@@H]2C1. The van der Waals surface area contributed by atoms with Crippen LogP contribution >= 0.6 is 0 Å². The Bertz CT molecular complexity index is 868. The molecule has 0 aromatic rings. The van der Waals surface area contributed by atoms with E-state index in [1.54, 1.807) is 13.0 Å². The summed E-state index contributed by atoms with van der Waals surface area (Å²) in [6.45, 7) is 19.5. The molecule has 0 aromatic heterocycles. The van der Waals surface area contributed by atoms with Crippen LogP contribution in [0.2, 0.25) is 0 Å². The Morgan fingerprint density at radius 3 is 2.03 bits per heavy atom. The van der Waals surface area contributed by atoms with E-state index in [1.807, 2.05) is 0 Å². The molecular formula is C30H48O2. The van der Waals surface area contributed by atoms with Crippen LogP contribution in [0.25, 0.3) is 0 Å². The molecule has 0 aromatic carbocycles. The molecule has 5 rings (SSSR count). The molecule has 4 saturated carbocycles. The zero-order chi connectivity index (χ0) is 23.6. The summed E-state index contributed by atoms with van der Waals surface area (Å²) >= 11 is 0. The first kappa shape index (κ1) is 23.1. The molecule has 4 fully saturated rings. The maximum absolute atomic E-state index is 12.7. The van der Waals surface area contributed by atoms with Gasteiger partial charge in [0.1, 0.15) is 5.60 Å². The van der Waals surface area contributed by atoms with Gasteiger partial charge in [-0.3, -0.25) is 4.79 Å². The summed E-state index contributed by atoms with van der Waals surface area (Å²) in [5.41, 5.74) is 0.224. The van der Waals surface area contributed by atoms with Crippen molar-refractivity contribution in [1.82, 2.24) is 0 Å². The van der Waals surface area contributed by atoms with Gasteiger partial charge in [0.15, 0.2) is 5.78 Å². The number of carbonyl (C=O) groups is 1. The summed E-state index contributed by atoms with van der Waals surface area (Å²) in [5.74, 6) is 1.65. The van der Waals surface area contributed by atoms with Gasteiger partial charge in [0, 0.05) is 5.41 Å². The molecule has 5 aliphatic rings. The number of carbonyl (C=O) groups excluding carboxylic acids is 1. The van der Waals surface area contributed by atoms with Crippen molar-refractivity contribution >= 4 is 5.78 Å². The van der Waals surface area contributed by atoms with Gasteiger partial charge in [0.25, 0.3) is 0 Å². The highest BCUT2D eigenvalue weighted by atomic mass is 16.3. The van der Waals surface area contributed by atoms with E-state index >= 15 is 0 Å². The van der Waals surface area contributed by atoms with Crippen LogP contribution in [-0.4, -0.2) is 16.5 Å². The van der Waals surface area contributed by atoms with E-state index in [9.17, 15) is 9.90 Å². The molecule has 2 heteroatoms. The molecule has 1 N–H and O–H groups in total. The van der Waals surface area contributed by atoms with E-state index < -0.39 is 5.60 Å². The Morgan fingerprint density at radius 2 is 1.34 bits per heavy atom. The first-order valence-electron chi connectivity index (χ1n) is 13.5. The second kappa shape index (κ2) is 6.32. The lowest BCUT2D eigenvalue weighted by molar-refractivity contribution is -0.257. The van der Waals surface area contributed by atoms with Crippen LogP contribution in [0.3, 0.4) is 0 Å². The standard InChI is InChI=1S/C30H48O2/c1-24(2)13-14-25(3)15-17-27(5)21-11-12-29(7)20(9-10-23(31)30(29,8)32)26(21,4)16-18-28(27,6)22(25)19-24/h9-10,20-22,32H,11-19H2,1-8H3/t20-,21?,22+,25+,26-,27+,28-,29-,30+/m0/s1. The lowest BCUT2D eigenvalue weighted by Crippen LogP contribution is -2.69. The van der Waals surface area contributed by atoms with E-state index in [2.05, 4.69) is 54.5 Å². The molecule has 180 valence electrons. The molecule has 0 amide bonds. The zero-order valence-electron chi connectivity index (χ0n) is 22.1. The number of hydrogen-bond acceptors (Lipinski definition) is 2. The number of allylic oxidation sites excluding steroid dienone is 1. The topological polar surface area (TPSA) is 37.3 Å². The molecule has 0 spiro atoms. The average molecular weight is 441 g/mol. The smallest absolute Gasteiger partial charge is 0.187 e. The summed E-state index contributed by atoms with van der Waals surface area (Å²) in [6, 6.07) is 0. The highest BCUT2D eigenvalue weighted by Gasteiger charge is 2.71. The number of rotatable bonds is 0. The van der Waals surface area contributed by atoms with Crippen molar-refractivity contribution < 1.29 is 9.90 Å². The van der Waals surface area contributed by atoms with Crippen molar-refractivity contribution in [3.8, 4) is 0 Å². The molecule has 0 radical (unpaired) electrons. The van der Waals surface area contributed by atoms with E-state index in [-0.39, 0.29) is 22.5 Å². The third-order valence-electron chi connectivity index (χ3n) is 13.4. The van der Waals surface area contributed by atoms with E-state index in [0.717, 1.165) is 18.8 Å². The van der Waals surface area contributed by atoms with Crippen molar-refractivity contribution in [3.63, 3.8) is 0 Å². The molecular weight excluding hydrogens is 392 g/mol. The molecule has 1 unspecified atom stereocenters. The minimum absolute atomic E-state index is 0.0944. The van der Waals surface area contributed by atoms with Gasteiger partial charge < -0.3 is 5.11 Å². The van der Waals surface area contributed by atoms with Crippen molar-refractivity contribution in [2.75, 3.05) is 0 Å². The summed E-state index contributed by atoms with van der Waals surface area (Å²) < 4.78 is 0. The summed E-state index contributed by atoms with van der Waals surface area (Å²) in [5, 5.41) is 11.4. The van der Waals surface area contributed by atoms with E-state index in [1.165, 1.54) is 44.9 Å². The van der Waals surface area contributed by atoms with Crippen LogP contribution in [-0.2, 0) is 4.79 Å². The Labute approximate surface area is 197 Å². The van der Waals surface area contributed by atoms with E-state index in [0.29, 0.717) is 27.6 Å². The van der Waals surface area contributed by atoms with Crippen LogP contribution in [0.1, 0.15) is 113 Å². The summed E-state index contributed by atoms with van der Waals surface area (Å²) in [6.07, 6.45) is 15.4. The van der Waals surface area contributed by atoms with Crippen molar-refractivity contribution in [1.29, 1.82) is 0 Å². The minimum Gasteiger partial charge on any atom is -0.381 e. The molecule has 0 aliphatic heterocycles. The van der Waals surface area contributed by atoms with E-state index in [4.69, 9.17) is 0 Å². The molecule has 2 nitrogen and oxygen atoms in total. The van der Waals surface area contributed by atoms with Crippen LogP contribution in [0, 0.1) is 50.2 Å². The Balaban J connectivity index is 1.58. The van der Waals surface area contributed by atoms with Gasteiger partial charge in [0.2, 0.25) is 0 Å². The molecule has 9 atom stereocenters. The van der Waals surface area contributed by atoms with Crippen LogP contribution in [0.5, 0.6) is 0 Å².